The number of hydrogen-bond acceptors (Lipinski definition) is 4. The van der Waals surface area contributed by atoms with Gasteiger partial charge < -0.3 is 10.2 Å². The Kier molecular flexibility index (Phi) is 9.86. The number of nitrogens with zero attached hydrogens (tertiary/aromatic N) is 2. The van der Waals surface area contributed by atoms with Crippen molar-refractivity contribution in [2.45, 2.75) is 83.3 Å². The zero-order chi connectivity index (χ0) is 29.6. The Morgan fingerprint density at radius 2 is 1.54 bits per heavy atom. The van der Waals surface area contributed by atoms with Crippen molar-refractivity contribution in [3.63, 3.8) is 0 Å². The van der Waals surface area contributed by atoms with E-state index in [4.69, 9.17) is 0 Å². The van der Waals surface area contributed by atoms with E-state index >= 15 is 0 Å². The maximum atomic E-state index is 14.2. The van der Waals surface area contributed by atoms with Crippen LogP contribution in [0.3, 0.4) is 0 Å². The number of nitrogens with one attached hydrogen (secondary N) is 1. The molecule has 1 aliphatic carbocycles. The third-order valence-corrected chi connectivity index (χ3v) is 9.74. The molecule has 1 aliphatic rings. The molecule has 0 heterocycles. The van der Waals surface area contributed by atoms with E-state index in [9.17, 15) is 18.0 Å². The molecule has 1 saturated carbocycles. The van der Waals surface area contributed by atoms with Crippen molar-refractivity contribution in [3.8, 4) is 0 Å². The number of carbonyl (C=O) groups excluding carboxylic acids is 2. The van der Waals surface area contributed by atoms with Gasteiger partial charge in [0, 0.05) is 12.6 Å². The van der Waals surface area contributed by atoms with E-state index in [0.717, 1.165) is 47.9 Å². The molecule has 0 bridgehead atoms. The number of sulfonamides is 1. The number of rotatable bonds is 10. The van der Waals surface area contributed by atoms with Gasteiger partial charge in [-0.05, 0) is 81.0 Å². The van der Waals surface area contributed by atoms with Crippen LogP contribution in [0.25, 0.3) is 0 Å². The fourth-order valence-electron chi connectivity index (χ4n) is 5.34. The lowest BCUT2D eigenvalue weighted by molar-refractivity contribution is -0.139. The zero-order valence-electron chi connectivity index (χ0n) is 24.5. The number of benzene rings is 3. The monoisotopic (exact) mass is 575 g/mol. The molecule has 3 aromatic rings. The average Bonchev–Trinajstić information content (AvgIpc) is 2.97. The fourth-order valence-corrected chi connectivity index (χ4v) is 6.84. The van der Waals surface area contributed by atoms with Gasteiger partial charge in [0.15, 0.2) is 0 Å². The summed E-state index contributed by atoms with van der Waals surface area (Å²) in [5.74, 6) is -0.664. The van der Waals surface area contributed by atoms with Gasteiger partial charge in [0.05, 0.1) is 10.6 Å². The van der Waals surface area contributed by atoms with Crippen LogP contribution in [-0.4, -0.2) is 43.8 Å². The maximum Gasteiger partial charge on any atom is 0.264 e. The van der Waals surface area contributed by atoms with Crippen LogP contribution < -0.4 is 9.62 Å². The topological polar surface area (TPSA) is 86.8 Å². The largest absolute Gasteiger partial charge is 0.352 e. The first-order chi connectivity index (χ1) is 19.6. The predicted octanol–water partition coefficient (Wildman–Crippen LogP) is 5.67. The fraction of sp³-hybridized carbons (Fsp3) is 0.394. The van der Waals surface area contributed by atoms with Crippen LogP contribution in [0, 0.1) is 20.8 Å². The van der Waals surface area contributed by atoms with Gasteiger partial charge >= 0.3 is 0 Å². The highest BCUT2D eigenvalue weighted by molar-refractivity contribution is 7.92. The van der Waals surface area contributed by atoms with Crippen molar-refractivity contribution in [2.75, 3.05) is 10.8 Å². The lowest BCUT2D eigenvalue weighted by Crippen LogP contribution is -2.53. The van der Waals surface area contributed by atoms with Gasteiger partial charge in [-0.2, -0.15) is 0 Å². The molecule has 1 fully saturated rings. The van der Waals surface area contributed by atoms with E-state index in [1.807, 2.05) is 57.2 Å². The summed E-state index contributed by atoms with van der Waals surface area (Å²) in [4.78, 5) is 29.3. The second kappa shape index (κ2) is 13.3. The first-order valence-corrected chi connectivity index (χ1v) is 15.8. The van der Waals surface area contributed by atoms with Crippen molar-refractivity contribution >= 4 is 27.5 Å². The van der Waals surface area contributed by atoms with Crippen LogP contribution in [-0.2, 0) is 26.2 Å². The second-order valence-corrected chi connectivity index (χ2v) is 12.9. The average molecular weight is 576 g/mol. The van der Waals surface area contributed by atoms with Gasteiger partial charge in [-0.25, -0.2) is 8.42 Å². The molecule has 0 aromatic heterocycles. The zero-order valence-corrected chi connectivity index (χ0v) is 25.3. The Balaban J connectivity index is 1.71. The Morgan fingerprint density at radius 1 is 0.878 bits per heavy atom. The highest BCUT2D eigenvalue weighted by Gasteiger charge is 2.34. The van der Waals surface area contributed by atoms with Gasteiger partial charge in [0.25, 0.3) is 10.0 Å². The van der Waals surface area contributed by atoms with Crippen LogP contribution in [0.1, 0.15) is 61.3 Å². The molecule has 8 heteroatoms. The van der Waals surface area contributed by atoms with Gasteiger partial charge in [0.1, 0.15) is 12.6 Å². The van der Waals surface area contributed by atoms with Crippen molar-refractivity contribution in [1.82, 2.24) is 10.2 Å². The van der Waals surface area contributed by atoms with Crippen LogP contribution >= 0.6 is 0 Å². The third-order valence-electron chi connectivity index (χ3n) is 7.96. The number of aryl methyl sites for hydroxylation is 3. The van der Waals surface area contributed by atoms with E-state index in [-0.39, 0.29) is 23.4 Å². The first-order valence-electron chi connectivity index (χ1n) is 14.4. The number of hydrogen-bond donors (Lipinski definition) is 1. The summed E-state index contributed by atoms with van der Waals surface area (Å²) in [5, 5.41) is 3.15. The summed E-state index contributed by atoms with van der Waals surface area (Å²) >= 11 is 0. The molecule has 0 aliphatic heterocycles. The lowest BCUT2D eigenvalue weighted by atomic mass is 9.95. The van der Waals surface area contributed by atoms with Crippen molar-refractivity contribution in [1.29, 1.82) is 0 Å². The van der Waals surface area contributed by atoms with Crippen molar-refractivity contribution in [3.05, 3.63) is 95.1 Å². The Bertz CT molecular complexity index is 1470. The minimum absolute atomic E-state index is 0.0963. The molecule has 0 spiro atoms. The molecule has 0 unspecified atom stereocenters. The van der Waals surface area contributed by atoms with Crippen LogP contribution in [0.4, 0.5) is 5.69 Å². The molecule has 2 amide bonds. The summed E-state index contributed by atoms with van der Waals surface area (Å²) in [6.07, 6.45) is 5.18. The summed E-state index contributed by atoms with van der Waals surface area (Å²) in [6, 6.07) is 20.7. The van der Waals surface area contributed by atoms with E-state index in [2.05, 4.69) is 5.32 Å². The van der Waals surface area contributed by atoms with Gasteiger partial charge in [-0.15, -0.1) is 0 Å². The third kappa shape index (κ3) is 7.36. The van der Waals surface area contributed by atoms with Crippen molar-refractivity contribution in [2.24, 2.45) is 0 Å². The SMILES string of the molecule is Cc1ccc(C)c(N(CC(=O)N(Cc2ccccc2C)[C@H](C)C(=O)NC2CCCCC2)S(=O)(=O)c2ccccc2)c1. The number of carbonyl (C=O) groups is 2. The Morgan fingerprint density at radius 3 is 2.22 bits per heavy atom. The van der Waals surface area contributed by atoms with E-state index < -0.39 is 28.5 Å². The minimum Gasteiger partial charge on any atom is -0.352 e. The standard InChI is InChI=1S/C33H41N3O4S/c1-24-19-20-26(3)31(21-24)36(41(39,40)30-17-9-6-10-18-30)23-32(37)35(22-28-14-12-11-13-25(28)2)27(4)33(38)34-29-15-7-5-8-16-29/h6,9-14,17-21,27,29H,5,7-8,15-16,22-23H2,1-4H3,(H,34,38)/t27-/m1/s1. The molecular formula is C33H41N3O4S. The molecule has 1 atom stereocenters. The molecule has 0 radical (unpaired) electrons. The molecule has 4 rings (SSSR count). The van der Waals surface area contributed by atoms with Gasteiger partial charge in [-0.1, -0.05) is 73.9 Å². The van der Waals surface area contributed by atoms with Crippen molar-refractivity contribution < 1.29 is 18.0 Å². The number of anilines is 1. The molecule has 0 saturated heterocycles. The molecular weight excluding hydrogens is 534 g/mol. The number of amides is 2. The van der Waals surface area contributed by atoms with Crippen LogP contribution in [0.5, 0.6) is 0 Å². The Labute approximate surface area is 244 Å². The van der Waals surface area contributed by atoms with E-state index in [1.54, 1.807) is 31.2 Å². The normalized spacial score (nSPS) is 14.7. The predicted molar refractivity (Wildman–Crippen MR) is 163 cm³/mol. The Hall–Kier alpha value is -3.65. The van der Waals surface area contributed by atoms with E-state index in [1.165, 1.54) is 27.8 Å². The maximum absolute atomic E-state index is 14.2. The minimum atomic E-state index is -4.09. The quantitative estimate of drug-likeness (QED) is 0.337. The smallest absolute Gasteiger partial charge is 0.264 e. The summed E-state index contributed by atoms with van der Waals surface area (Å²) in [5.41, 5.74) is 3.95. The van der Waals surface area contributed by atoms with E-state index in [0.29, 0.717) is 5.69 Å². The molecule has 3 aromatic carbocycles. The van der Waals surface area contributed by atoms with Gasteiger partial charge in [0.2, 0.25) is 11.8 Å². The summed E-state index contributed by atoms with van der Waals surface area (Å²) < 4.78 is 29.2. The molecule has 7 nitrogen and oxygen atoms in total. The molecule has 1 N–H and O–H groups in total. The molecule has 41 heavy (non-hydrogen) atoms. The first kappa shape index (κ1) is 30.3. The highest BCUT2D eigenvalue weighted by atomic mass is 32.2. The van der Waals surface area contributed by atoms with Crippen LogP contribution in [0.2, 0.25) is 0 Å². The highest BCUT2D eigenvalue weighted by Crippen LogP contribution is 2.29. The molecule has 218 valence electrons. The lowest BCUT2D eigenvalue weighted by Gasteiger charge is -2.34. The van der Waals surface area contributed by atoms with Crippen LogP contribution in [0.15, 0.2) is 77.7 Å². The summed E-state index contributed by atoms with van der Waals surface area (Å²) in [7, 11) is -4.09. The second-order valence-electron chi connectivity index (χ2n) is 11.1. The summed E-state index contributed by atoms with van der Waals surface area (Å²) in [6.45, 7) is 7.17. The van der Waals surface area contributed by atoms with Gasteiger partial charge in [-0.3, -0.25) is 13.9 Å².